The number of nitrogens with two attached hydrogens (primary N) is 1. The van der Waals surface area contributed by atoms with Gasteiger partial charge in [0, 0.05) is 11.6 Å². The van der Waals surface area contributed by atoms with Crippen LogP contribution in [0.5, 0.6) is 0 Å². The highest BCUT2D eigenvalue weighted by molar-refractivity contribution is 6.31. The molecule has 0 aliphatic heterocycles. The van der Waals surface area contributed by atoms with Crippen molar-refractivity contribution in [3.8, 4) is 17.1 Å². The Morgan fingerprint density at radius 2 is 2.03 bits per heavy atom. The highest BCUT2D eigenvalue weighted by Crippen LogP contribution is 2.26. The fourth-order valence-corrected chi connectivity index (χ4v) is 2.89. The number of aromatic nitrogens is 3. The molecule has 0 radical (unpaired) electrons. The van der Waals surface area contributed by atoms with Crippen LogP contribution in [0.3, 0.4) is 0 Å². The number of hydrogen-bond donors (Lipinski definition) is 1. The number of rotatable bonds is 8. The van der Waals surface area contributed by atoms with Gasteiger partial charge in [-0.3, -0.25) is 4.79 Å². The maximum Gasteiger partial charge on any atom is 0.288 e. The zero-order valence-electron chi connectivity index (χ0n) is 16.2. The van der Waals surface area contributed by atoms with Crippen molar-refractivity contribution in [2.75, 3.05) is 6.61 Å². The molecule has 6 nitrogen and oxygen atoms in total. The summed E-state index contributed by atoms with van der Waals surface area (Å²) >= 11 is 6.30. The van der Waals surface area contributed by atoms with Crippen LogP contribution in [0.1, 0.15) is 36.5 Å². The van der Waals surface area contributed by atoms with Crippen LogP contribution in [0, 0.1) is 11.7 Å². The van der Waals surface area contributed by atoms with Crippen molar-refractivity contribution in [2.45, 2.75) is 26.9 Å². The normalized spacial score (nSPS) is 11.2. The fraction of sp³-hybridized carbons (Fsp3) is 0.286. The summed E-state index contributed by atoms with van der Waals surface area (Å²) in [5.41, 5.74) is 6.86. The topological polar surface area (TPSA) is 83.0 Å². The Morgan fingerprint density at radius 1 is 1.28 bits per heavy atom. The molecule has 0 saturated carbocycles. The van der Waals surface area contributed by atoms with Gasteiger partial charge in [-0.25, -0.2) is 14.1 Å². The highest BCUT2D eigenvalue weighted by atomic mass is 35.5. The predicted octanol–water partition coefficient (Wildman–Crippen LogP) is 4.39. The first-order valence-corrected chi connectivity index (χ1v) is 9.63. The van der Waals surface area contributed by atoms with E-state index in [4.69, 9.17) is 22.1 Å². The summed E-state index contributed by atoms with van der Waals surface area (Å²) in [6.07, 6.45) is 0.944. The zero-order chi connectivity index (χ0) is 21.0. The molecule has 152 valence electrons. The van der Waals surface area contributed by atoms with Crippen LogP contribution < -0.4 is 5.73 Å². The molecule has 0 spiro atoms. The molecular weight excluding hydrogens is 395 g/mol. The summed E-state index contributed by atoms with van der Waals surface area (Å²) in [7, 11) is 0. The maximum atomic E-state index is 14.4. The number of carbonyl (C=O) groups is 1. The molecule has 3 aromatic rings. The third kappa shape index (κ3) is 4.99. The molecule has 1 amide bonds. The molecule has 0 unspecified atom stereocenters. The van der Waals surface area contributed by atoms with E-state index in [2.05, 4.69) is 23.9 Å². The lowest BCUT2D eigenvalue weighted by Gasteiger charge is -2.11. The first-order valence-electron chi connectivity index (χ1n) is 9.25. The van der Waals surface area contributed by atoms with Crippen LogP contribution in [0.25, 0.3) is 17.1 Å². The van der Waals surface area contributed by atoms with Crippen molar-refractivity contribution in [2.24, 2.45) is 11.7 Å². The van der Waals surface area contributed by atoms with E-state index in [1.165, 1.54) is 10.7 Å². The number of ether oxygens (including phenoxy) is 1. The molecule has 0 saturated heterocycles. The summed E-state index contributed by atoms with van der Waals surface area (Å²) in [5.74, 6) is -0.766. The van der Waals surface area contributed by atoms with E-state index in [1.807, 2.05) is 0 Å². The second kappa shape index (κ2) is 9.15. The minimum atomic E-state index is -0.799. The van der Waals surface area contributed by atoms with Crippen LogP contribution >= 0.6 is 11.6 Å². The Morgan fingerprint density at radius 3 is 2.72 bits per heavy atom. The van der Waals surface area contributed by atoms with Crippen LogP contribution in [-0.2, 0) is 11.3 Å². The van der Waals surface area contributed by atoms with Crippen LogP contribution in [0.4, 0.5) is 4.39 Å². The average Bonchev–Trinajstić information content (AvgIpc) is 3.12. The summed E-state index contributed by atoms with van der Waals surface area (Å²) in [6.45, 7) is 5.20. The van der Waals surface area contributed by atoms with Gasteiger partial charge < -0.3 is 10.5 Å². The van der Waals surface area contributed by atoms with Crippen LogP contribution in [0.15, 0.2) is 42.5 Å². The van der Waals surface area contributed by atoms with Gasteiger partial charge >= 0.3 is 0 Å². The molecule has 29 heavy (non-hydrogen) atoms. The van der Waals surface area contributed by atoms with Crippen molar-refractivity contribution in [3.05, 3.63) is 64.7 Å². The molecule has 1 aromatic heterocycles. The molecule has 3 rings (SSSR count). The summed E-state index contributed by atoms with van der Waals surface area (Å²) in [6, 6.07) is 11.3. The zero-order valence-corrected chi connectivity index (χ0v) is 17.0. The van der Waals surface area contributed by atoms with Gasteiger partial charge in [-0.15, -0.1) is 5.10 Å². The highest BCUT2D eigenvalue weighted by Gasteiger charge is 2.19. The summed E-state index contributed by atoms with van der Waals surface area (Å²) in [5, 5.41) is 4.71. The minimum Gasteiger partial charge on any atom is -0.377 e. The quantitative estimate of drug-likeness (QED) is 0.552. The van der Waals surface area contributed by atoms with Gasteiger partial charge in [-0.1, -0.05) is 37.6 Å². The van der Waals surface area contributed by atoms with Crippen LogP contribution in [0.2, 0.25) is 5.02 Å². The smallest absolute Gasteiger partial charge is 0.288 e. The lowest BCUT2D eigenvalue weighted by Crippen LogP contribution is -2.13. The number of amides is 1. The second-order valence-corrected chi connectivity index (χ2v) is 7.43. The molecule has 1 heterocycles. The Bertz CT molecular complexity index is 1020. The van der Waals surface area contributed by atoms with Crippen molar-refractivity contribution in [1.82, 2.24) is 14.8 Å². The molecule has 0 aliphatic rings. The van der Waals surface area contributed by atoms with E-state index in [9.17, 15) is 9.18 Å². The number of carbonyl (C=O) groups excluding carboxylic acids is 1. The van der Waals surface area contributed by atoms with E-state index in [0.717, 1.165) is 12.0 Å². The standard InChI is InChI=1S/C21H22ClFN4O2/c1-13(2)9-10-29-12-14-11-15(7-8-17(14)22)27-21(25-20(26-27)19(24)28)16-5-3-4-6-18(16)23/h3-8,11,13H,9-10,12H2,1-2H3,(H2,24,28). The Hall–Kier alpha value is -2.77. The molecule has 2 aromatic carbocycles. The van der Waals surface area contributed by atoms with E-state index in [-0.39, 0.29) is 17.2 Å². The molecular formula is C21H22ClFN4O2. The van der Waals surface area contributed by atoms with E-state index >= 15 is 0 Å². The minimum absolute atomic E-state index is 0.172. The van der Waals surface area contributed by atoms with Crippen molar-refractivity contribution in [1.29, 1.82) is 0 Å². The molecule has 8 heteroatoms. The van der Waals surface area contributed by atoms with Crippen molar-refractivity contribution >= 4 is 17.5 Å². The van der Waals surface area contributed by atoms with Crippen molar-refractivity contribution < 1.29 is 13.9 Å². The first kappa shape index (κ1) is 21.0. The van der Waals surface area contributed by atoms with E-state index in [0.29, 0.717) is 29.8 Å². The Balaban J connectivity index is 1.99. The number of hydrogen-bond acceptors (Lipinski definition) is 4. The SMILES string of the molecule is CC(C)CCOCc1cc(-n2nc(C(N)=O)nc2-c2ccccc2F)ccc1Cl. The molecule has 0 atom stereocenters. The lowest BCUT2D eigenvalue weighted by atomic mass is 10.1. The first-order chi connectivity index (χ1) is 13.9. The maximum absolute atomic E-state index is 14.4. The molecule has 0 aliphatic carbocycles. The van der Waals surface area contributed by atoms with Gasteiger partial charge in [-0.2, -0.15) is 0 Å². The summed E-state index contributed by atoms with van der Waals surface area (Å²) < 4.78 is 21.5. The number of benzene rings is 2. The van der Waals surface area contributed by atoms with Gasteiger partial charge in [0.15, 0.2) is 5.82 Å². The van der Waals surface area contributed by atoms with E-state index in [1.54, 1.807) is 36.4 Å². The summed E-state index contributed by atoms with van der Waals surface area (Å²) in [4.78, 5) is 15.8. The number of primary amides is 1. The predicted molar refractivity (Wildman–Crippen MR) is 109 cm³/mol. The molecule has 2 N–H and O–H groups in total. The van der Waals surface area contributed by atoms with Gasteiger partial charge in [0.2, 0.25) is 5.82 Å². The third-order valence-corrected chi connectivity index (χ3v) is 4.68. The van der Waals surface area contributed by atoms with Gasteiger partial charge in [-0.05, 0) is 48.2 Å². The third-order valence-electron chi connectivity index (χ3n) is 4.31. The largest absolute Gasteiger partial charge is 0.377 e. The van der Waals surface area contributed by atoms with Gasteiger partial charge in [0.05, 0.1) is 17.9 Å². The average molecular weight is 417 g/mol. The monoisotopic (exact) mass is 416 g/mol. The Kier molecular flexibility index (Phi) is 6.61. The number of halogens is 2. The molecule has 0 fully saturated rings. The van der Waals surface area contributed by atoms with Crippen molar-refractivity contribution in [3.63, 3.8) is 0 Å². The second-order valence-electron chi connectivity index (χ2n) is 7.03. The number of nitrogens with zero attached hydrogens (tertiary/aromatic N) is 3. The molecule has 0 bridgehead atoms. The fourth-order valence-electron chi connectivity index (χ4n) is 2.72. The van der Waals surface area contributed by atoms with Gasteiger partial charge in [0.25, 0.3) is 5.91 Å². The lowest BCUT2D eigenvalue weighted by molar-refractivity contribution is 0.0990. The van der Waals surface area contributed by atoms with Crippen LogP contribution in [-0.4, -0.2) is 27.3 Å². The van der Waals surface area contributed by atoms with E-state index < -0.39 is 11.7 Å². The van der Waals surface area contributed by atoms with Gasteiger partial charge in [0.1, 0.15) is 5.82 Å². The Labute approximate surface area is 173 Å².